The van der Waals surface area contributed by atoms with Crippen molar-refractivity contribution in [3.05, 3.63) is 0 Å². The van der Waals surface area contributed by atoms with Crippen LogP contribution in [0.2, 0.25) is 50.9 Å². The van der Waals surface area contributed by atoms with Crippen molar-refractivity contribution in [2.24, 2.45) is 0 Å². The largest absolute Gasteiger partial charge is 0.415 e. The van der Waals surface area contributed by atoms with Gasteiger partial charge in [-0.25, -0.2) is 0 Å². The summed E-state index contributed by atoms with van der Waals surface area (Å²) < 4.78 is 13.4. The molecule has 0 N–H and O–H groups in total. The number of hydrogen-bond acceptors (Lipinski definition) is 2. The SMILES string of the molecule is CCC(C)(O[Si](C)(C)C(C)O[Si](C)(C)C)[Si](C)(C)C(C)(C)C. The lowest BCUT2D eigenvalue weighted by molar-refractivity contribution is 0.120. The first-order chi connectivity index (χ1) is 9.40. The lowest BCUT2D eigenvalue weighted by Crippen LogP contribution is -2.64. The molecular weight excluding hydrogens is 320 g/mol. The van der Waals surface area contributed by atoms with Crippen molar-refractivity contribution >= 4 is 24.7 Å². The van der Waals surface area contributed by atoms with Crippen LogP contribution in [0, 0.1) is 0 Å². The highest BCUT2D eigenvalue weighted by molar-refractivity contribution is 6.84. The van der Waals surface area contributed by atoms with E-state index in [9.17, 15) is 0 Å². The lowest BCUT2D eigenvalue weighted by atomic mass is 10.2. The molecule has 0 aromatic heterocycles. The van der Waals surface area contributed by atoms with E-state index in [0.29, 0.717) is 5.04 Å². The summed E-state index contributed by atoms with van der Waals surface area (Å²) in [5.74, 6) is 0. The van der Waals surface area contributed by atoms with Crippen LogP contribution in [0.4, 0.5) is 0 Å². The van der Waals surface area contributed by atoms with Gasteiger partial charge in [-0.15, -0.1) is 0 Å². The fourth-order valence-electron chi connectivity index (χ4n) is 2.77. The van der Waals surface area contributed by atoms with Crippen LogP contribution in [-0.2, 0) is 8.85 Å². The van der Waals surface area contributed by atoms with Gasteiger partial charge >= 0.3 is 0 Å². The number of hydrogen-bond donors (Lipinski definition) is 0. The molecular formula is C17H42O2Si3. The van der Waals surface area contributed by atoms with E-state index in [2.05, 4.69) is 87.4 Å². The van der Waals surface area contributed by atoms with Crippen molar-refractivity contribution in [3.8, 4) is 0 Å². The zero-order chi connectivity index (χ0) is 18.2. The summed E-state index contributed by atoms with van der Waals surface area (Å²) in [5.41, 5.74) is 0.245. The molecule has 0 spiro atoms. The van der Waals surface area contributed by atoms with Crippen LogP contribution in [0.15, 0.2) is 0 Å². The molecule has 0 aromatic carbocycles. The molecule has 2 atom stereocenters. The monoisotopic (exact) mass is 362 g/mol. The van der Waals surface area contributed by atoms with Gasteiger partial charge in [0.1, 0.15) is 0 Å². The molecule has 0 bridgehead atoms. The first kappa shape index (κ1) is 22.6. The Hall–Kier alpha value is 0.571. The summed E-state index contributed by atoms with van der Waals surface area (Å²) in [6.45, 7) is 30.5. The molecule has 0 radical (unpaired) electrons. The van der Waals surface area contributed by atoms with Crippen molar-refractivity contribution in [2.75, 3.05) is 0 Å². The third-order valence-electron chi connectivity index (χ3n) is 5.87. The highest BCUT2D eigenvalue weighted by atomic mass is 28.4. The van der Waals surface area contributed by atoms with Crippen molar-refractivity contribution in [1.29, 1.82) is 0 Å². The average molecular weight is 363 g/mol. The van der Waals surface area contributed by atoms with Crippen molar-refractivity contribution in [3.63, 3.8) is 0 Å². The van der Waals surface area contributed by atoms with Crippen molar-refractivity contribution < 1.29 is 8.85 Å². The summed E-state index contributed by atoms with van der Waals surface area (Å²) in [5, 5.41) is 0.323. The lowest BCUT2D eigenvalue weighted by Gasteiger charge is -2.54. The molecule has 0 aromatic rings. The average Bonchev–Trinajstić information content (AvgIpc) is 2.24. The Morgan fingerprint density at radius 3 is 1.55 bits per heavy atom. The maximum atomic E-state index is 6.97. The van der Waals surface area contributed by atoms with Crippen LogP contribution in [0.1, 0.15) is 48.0 Å². The Morgan fingerprint density at radius 2 is 1.27 bits per heavy atom. The van der Waals surface area contributed by atoms with Crippen LogP contribution in [0.5, 0.6) is 0 Å². The van der Waals surface area contributed by atoms with E-state index >= 15 is 0 Å². The minimum Gasteiger partial charge on any atom is -0.415 e. The Balaban J connectivity index is 5.45. The van der Waals surface area contributed by atoms with E-state index in [1.165, 1.54) is 0 Å². The Kier molecular flexibility index (Phi) is 7.00. The quantitative estimate of drug-likeness (QED) is 0.502. The predicted molar refractivity (Wildman–Crippen MR) is 108 cm³/mol. The minimum atomic E-state index is -1.91. The highest BCUT2D eigenvalue weighted by Crippen LogP contribution is 2.47. The third kappa shape index (κ3) is 5.30. The smallest absolute Gasteiger partial charge is 0.213 e. The van der Waals surface area contributed by atoms with E-state index < -0.39 is 24.7 Å². The third-order valence-corrected chi connectivity index (χ3v) is 17.3. The van der Waals surface area contributed by atoms with Crippen LogP contribution in [-0.4, -0.2) is 35.7 Å². The molecule has 0 fully saturated rings. The summed E-state index contributed by atoms with van der Waals surface area (Å²) in [7, 11) is -5.05. The molecule has 0 saturated carbocycles. The predicted octanol–water partition coefficient (Wildman–Crippen LogP) is 6.20. The summed E-state index contributed by atoms with van der Waals surface area (Å²) in [4.78, 5) is 0. The van der Waals surface area contributed by atoms with Crippen LogP contribution in [0.25, 0.3) is 0 Å². The van der Waals surface area contributed by atoms with Crippen molar-refractivity contribution in [2.45, 2.75) is 110 Å². The van der Waals surface area contributed by atoms with Gasteiger partial charge in [0.05, 0.1) is 13.8 Å². The summed E-state index contributed by atoms with van der Waals surface area (Å²) in [6.07, 6.45) is 1.08. The molecule has 22 heavy (non-hydrogen) atoms. The van der Waals surface area contributed by atoms with Gasteiger partial charge in [-0.05, 0) is 58.0 Å². The second-order valence-corrected chi connectivity index (χ2v) is 24.5. The van der Waals surface area contributed by atoms with Crippen LogP contribution >= 0.6 is 0 Å². The first-order valence-corrected chi connectivity index (χ1v) is 18.2. The maximum absolute atomic E-state index is 6.97. The Labute approximate surface area is 143 Å². The zero-order valence-electron chi connectivity index (χ0n) is 17.6. The normalized spacial score (nSPS) is 19.0. The Bertz CT molecular complexity index is 367. The summed E-state index contributed by atoms with van der Waals surface area (Å²) in [6, 6.07) is 0. The van der Waals surface area contributed by atoms with Crippen LogP contribution in [0.3, 0.4) is 0 Å². The minimum absolute atomic E-state index is 0.00195. The maximum Gasteiger partial charge on any atom is 0.213 e. The first-order valence-electron chi connectivity index (χ1n) is 8.77. The second-order valence-electron chi connectivity index (χ2n) is 10.0. The van der Waals surface area contributed by atoms with E-state index in [0.717, 1.165) is 6.42 Å². The zero-order valence-corrected chi connectivity index (χ0v) is 20.6. The standard InChI is InChI=1S/C17H42O2Si3/c1-14-17(6,22(12,13)16(3,4)5)19-21(10,11)15(2)18-20(7,8)9/h15H,14H2,1-13H3. The topological polar surface area (TPSA) is 18.5 Å². The Morgan fingerprint density at radius 1 is 0.864 bits per heavy atom. The molecule has 0 amide bonds. The molecule has 0 heterocycles. The molecule has 2 nitrogen and oxygen atoms in total. The van der Waals surface area contributed by atoms with Crippen LogP contribution < -0.4 is 0 Å². The second kappa shape index (κ2) is 6.82. The molecule has 0 aliphatic carbocycles. The molecule has 0 rings (SSSR count). The molecule has 5 heteroatoms. The fourth-order valence-corrected chi connectivity index (χ4v) is 11.8. The van der Waals surface area contributed by atoms with Gasteiger partial charge in [0.2, 0.25) is 8.32 Å². The van der Waals surface area contributed by atoms with E-state index in [1.54, 1.807) is 0 Å². The fraction of sp³-hybridized carbons (Fsp3) is 1.00. The highest BCUT2D eigenvalue weighted by Gasteiger charge is 2.53. The van der Waals surface area contributed by atoms with E-state index in [1.807, 2.05) is 0 Å². The molecule has 0 aliphatic heterocycles. The van der Waals surface area contributed by atoms with E-state index in [-0.39, 0.29) is 11.0 Å². The number of rotatable bonds is 7. The van der Waals surface area contributed by atoms with E-state index in [4.69, 9.17) is 8.85 Å². The molecule has 0 saturated heterocycles. The summed E-state index contributed by atoms with van der Waals surface area (Å²) >= 11 is 0. The molecule has 134 valence electrons. The molecule has 2 unspecified atom stereocenters. The van der Waals surface area contributed by atoms with Gasteiger partial charge in [-0.3, -0.25) is 0 Å². The van der Waals surface area contributed by atoms with Gasteiger partial charge in [-0.1, -0.05) is 40.8 Å². The van der Waals surface area contributed by atoms with Crippen molar-refractivity contribution in [1.82, 2.24) is 0 Å². The van der Waals surface area contributed by atoms with Gasteiger partial charge in [-0.2, -0.15) is 0 Å². The van der Waals surface area contributed by atoms with Gasteiger partial charge in [0, 0.05) is 5.22 Å². The van der Waals surface area contributed by atoms with Gasteiger partial charge in [0.25, 0.3) is 0 Å². The van der Waals surface area contributed by atoms with Gasteiger partial charge in [0.15, 0.2) is 8.32 Å². The molecule has 0 aliphatic rings. The van der Waals surface area contributed by atoms with Gasteiger partial charge < -0.3 is 8.85 Å².